The molecule has 10 fully saturated rings. The Hall–Kier alpha value is -2.04. The molecule has 32 N–H and O–H groups in total. The zero-order chi connectivity index (χ0) is 81.4. The van der Waals surface area contributed by atoms with E-state index in [9.17, 15) is 163 Å². The van der Waals surface area contributed by atoms with Gasteiger partial charge in [-0.25, -0.2) is 0 Å². The molecule has 50 atom stereocenters. The molecule has 0 radical (unpaired) electrons. The topological polar surface area (TPSA) is 823 Å². The number of hydrogen-bond donors (Lipinski definition) is 32. The summed E-state index contributed by atoms with van der Waals surface area (Å²) in [7, 11) is 0. The van der Waals surface area contributed by atoms with Crippen molar-refractivity contribution < 1.29 is 253 Å². The first-order valence-electron chi connectivity index (χ1n) is 35.2. The molecule has 1 unspecified atom stereocenters. The van der Waals surface area contributed by atoms with Crippen LogP contribution in [0, 0.1) is 0 Å². The molecule has 10 aliphatic rings. The normalized spacial score (nSPS) is 53.7. The summed E-state index contributed by atoms with van der Waals surface area (Å²) in [6.07, 6.45) is -102. The van der Waals surface area contributed by atoms with Crippen LogP contribution in [0.5, 0.6) is 0 Å². The monoisotopic (exact) mass is 1640 g/mol. The van der Waals surface area contributed by atoms with Crippen molar-refractivity contribution in [3.63, 3.8) is 0 Å². The van der Waals surface area contributed by atoms with E-state index >= 15 is 0 Å². The maximum Gasteiger partial charge on any atom is 0.187 e. The van der Waals surface area contributed by atoms with Crippen molar-refractivity contribution in [3.05, 3.63) is 0 Å². The van der Waals surface area contributed by atoms with Gasteiger partial charge in [0.15, 0.2) is 62.9 Å². The van der Waals surface area contributed by atoms with Crippen LogP contribution in [0.15, 0.2) is 0 Å². The molecule has 10 aliphatic heterocycles. The maximum atomic E-state index is 11.9. The molecule has 0 bridgehead atoms. The molecule has 51 nitrogen and oxygen atoms in total. The lowest BCUT2D eigenvalue weighted by Gasteiger charge is -2.50. The first-order chi connectivity index (χ1) is 52.6. The molecule has 0 aromatic rings. The largest absolute Gasteiger partial charge is 0.394 e. The van der Waals surface area contributed by atoms with Crippen molar-refractivity contribution in [2.75, 3.05) is 66.1 Å². The van der Waals surface area contributed by atoms with Crippen LogP contribution in [0.3, 0.4) is 0 Å². The van der Waals surface area contributed by atoms with Crippen LogP contribution in [-0.4, -0.2) is 537 Å². The standard InChI is InChI=1S/C60H102O51/c61-1-11-21(68)25(72)36(83)52(97-11)93-8-18-24(71)28(75)39(86)55(104-18)106-45-14(4-64)100-56(40(87)30(45)77)108-47-16(6-66)103-59(43(90)33(47)80)111-50-20(10-95-54-38(85)27(74)23(70)13(3-63)99-54)105-60(44(91)34(50)81)109-48-17(7-67)101-57(41(88)31(48)78)107-46-15(5-65)102-58(42(89)32(46)79)110-49-19(96-51(92)35(82)29(49)76)9-94-53-37(84)26(73)22(69)12(2-62)98-53/h11-92H,1-10H2/t11-,12-,13-,14-,15-,16-,17-,18-,19-,20-,21+,22+,23+,24-,25+,26+,27+,28+,29-,30-,31-,32-,33-,34-,35+,36-,37-,38-,39+,40+,41+,42+,43+,44+,45-,46-,47-,48-,49-,50-,51?,52+,53+,54+,55+,56+,57+,58+,59+,60+/m1/s1. The fourth-order valence-electron chi connectivity index (χ4n) is 14.2. The predicted octanol–water partition coefficient (Wildman–Crippen LogP) is -22.8. The van der Waals surface area contributed by atoms with Crippen molar-refractivity contribution in [2.45, 2.75) is 307 Å². The van der Waals surface area contributed by atoms with E-state index in [2.05, 4.69) is 0 Å². The highest BCUT2D eigenvalue weighted by atomic mass is 16.8. The number of rotatable bonds is 28. The zero-order valence-corrected chi connectivity index (χ0v) is 58.0. The van der Waals surface area contributed by atoms with Crippen LogP contribution in [0.2, 0.25) is 0 Å². The van der Waals surface area contributed by atoms with Crippen molar-refractivity contribution in [3.8, 4) is 0 Å². The highest BCUT2D eigenvalue weighted by Crippen LogP contribution is 2.40. The van der Waals surface area contributed by atoms with Gasteiger partial charge in [-0.05, 0) is 0 Å². The molecular formula is C60H102O51. The van der Waals surface area contributed by atoms with E-state index in [0.29, 0.717) is 0 Å². The summed E-state index contributed by atoms with van der Waals surface area (Å²) in [6.45, 7) is -10.1. The highest BCUT2D eigenvalue weighted by Gasteiger charge is 2.60. The van der Waals surface area contributed by atoms with E-state index < -0.39 is 373 Å². The molecule has 10 rings (SSSR count). The minimum atomic E-state index is -2.45. The quantitative estimate of drug-likeness (QED) is 0.0346. The first-order valence-corrected chi connectivity index (χ1v) is 35.2. The van der Waals surface area contributed by atoms with Crippen LogP contribution in [0.1, 0.15) is 0 Å². The maximum absolute atomic E-state index is 11.9. The molecular weight excluding hydrogens is 1540 g/mol. The Morgan fingerprint density at radius 3 is 0.577 bits per heavy atom. The highest BCUT2D eigenvalue weighted by molar-refractivity contribution is 5.03. The molecule has 10 heterocycles. The van der Waals surface area contributed by atoms with Gasteiger partial charge >= 0.3 is 0 Å². The van der Waals surface area contributed by atoms with Gasteiger partial charge in [0.2, 0.25) is 0 Å². The van der Waals surface area contributed by atoms with Gasteiger partial charge in [-0.3, -0.25) is 0 Å². The number of hydrogen-bond acceptors (Lipinski definition) is 51. The van der Waals surface area contributed by atoms with Crippen LogP contribution in [-0.2, 0) is 90.0 Å². The van der Waals surface area contributed by atoms with Crippen LogP contribution < -0.4 is 0 Å². The fourth-order valence-corrected chi connectivity index (χ4v) is 14.2. The second-order valence-corrected chi connectivity index (χ2v) is 28.1. The van der Waals surface area contributed by atoms with Crippen molar-refractivity contribution in [1.29, 1.82) is 0 Å². The Morgan fingerprint density at radius 2 is 0.324 bits per heavy atom. The molecule has 51 heteroatoms. The average molecular weight is 1640 g/mol. The lowest BCUT2D eigenvalue weighted by molar-refractivity contribution is -0.400. The van der Waals surface area contributed by atoms with E-state index in [-0.39, 0.29) is 0 Å². The second-order valence-electron chi connectivity index (χ2n) is 28.1. The number of ether oxygens (including phenoxy) is 19. The predicted molar refractivity (Wildman–Crippen MR) is 330 cm³/mol. The van der Waals surface area contributed by atoms with Gasteiger partial charge in [0, 0.05) is 0 Å². The van der Waals surface area contributed by atoms with E-state index in [4.69, 9.17) is 90.0 Å². The fraction of sp³-hybridized carbons (Fsp3) is 1.00. The van der Waals surface area contributed by atoms with Crippen molar-refractivity contribution >= 4 is 0 Å². The molecule has 0 amide bonds. The third-order valence-corrected chi connectivity index (χ3v) is 20.8. The summed E-state index contributed by atoms with van der Waals surface area (Å²) >= 11 is 0. The summed E-state index contributed by atoms with van der Waals surface area (Å²) in [5, 5.41) is 345. The third-order valence-electron chi connectivity index (χ3n) is 20.8. The van der Waals surface area contributed by atoms with Gasteiger partial charge < -0.3 is 253 Å². The Kier molecular flexibility index (Phi) is 32.4. The van der Waals surface area contributed by atoms with E-state index in [1.54, 1.807) is 0 Å². The molecule has 10 saturated heterocycles. The van der Waals surface area contributed by atoms with Crippen molar-refractivity contribution in [2.24, 2.45) is 0 Å². The number of aliphatic hydroxyl groups is 32. The molecule has 648 valence electrons. The summed E-state index contributed by atoms with van der Waals surface area (Å²) in [5.41, 5.74) is 0. The van der Waals surface area contributed by atoms with Gasteiger partial charge in [-0.1, -0.05) is 0 Å². The molecule has 0 spiro atoms. The summed E-state index contributed by atoms with van der Waals surface area (Å²) < 4.78 is 107. The number of aliphatic hydroxyl groups excluding tert-OH is 32. The van der Waals surface area contributed by atoms with Gasteiger partial charge in [-0.2, -0.15) is 0 Å². The average Bonchev–Trinajstić information content (AvgIpc) is 0.768. The third kappa shape index (κ3) is 19.2. The van der Waals surface area contributed by atoms with Gasteiger partial charge in [-0.15, -0.1) is 0 Å². The SMILES string of the molecule is OC[C@H]1O[C@H](OC[C@H]2O[C@@H](O[C@H]3[C@H](O)[C@H](O)[C@H](O[C@H]4[C@H](O)[C@H](O)[C@H](O[C@H]5[C@H](O)[C@H](O)[C@H](O[C@H]6[C@H](O)[C@H](O)[C@H](O[C@H]7[C@H](O)[C@H](O)[C@H](O[C@H]8[C@H](O)[C@H](O)C(O)O[C@@H]8CO[C@H]8O[C@H](CO)[C@H](O)[C@H](O)[C@H]8O)O[C@@H]7CO)O[C@@H]6CO)O[C@@H]5CO[C@H]5O[C@H](CO)[C@H](O)[C@H](O)[C@H]5O)O[C@@H]4CO)O[C@@H]3CO)[C@@H](O)[C@@H](O)[C@@H]2O)[C@H](O)[C@@H](O)[C@H]1O. The summed E-state index contributed by atoms with van der Waals surface area (Å²) in [6, 6.07) is 0. The lowest BCUT2D eigenvalue weighted by atomic mass is 9.95. The zero-order valence-electron chi connectivity index (χ0n) is 58.0. The Morgan fingerprint density at radius 1 is 0.153 bits per heavy atom. The summed E-state index contributed by atoms with van der Waals surface area (Å²) in [4.78, 5) is 0. The van der Waals surface area contributed by atoms with Crippen LogP contribution >= 0.6 is 0 Å². The second kappa shape index (κ2) is 39.4. The first kappa shape index (κ1) is 91.3. The Bertz CT molecular complexity index is 2780. The van der Waals surface area contributed by atoms with E-state index in [1.807, 2.05) is 0 Å². The lowest BCUT2D eigenvalue weighted by Crippen LogP contribution is -2.68. The summed E-state index contributed by atoms with van der Waals surface area (Å²) in [5.74, 6) is 0. The van der Waals surface area contributed by atoms with Crippen molar-refractivity contribution in [1.82, 2.24) is 0 Å². The molecule has 0 aromatic carbocycles. The van der Waals surface area contributed by atoms with E-state index in [1.165, 1.54) is 0 Å². The van der Waals surface area contributed by atoms with Gasteiger partial charge in [0.05, 0.1) is 66.1 Å². The molecule has 111 heavy (non-hydrogen) atoms. The molecule has 0 aromatic heterocycles. The van der Waals surface area contributed by atoms with E-state index in [0.717, 1.165) is 0 Å². The van der Waals surface area contributed by atoms with Gasteiger partial charge in [0.1, 0.15) is 244 Å². The molecule has 0 aliphatic carbocycles. The van der Waals surface area contributed by atoms with Crippen LogP contribution in [0.25, 0.3) is 0 Å². The Labute approximate surface area is 625 Å². The molecule has 0 saturated carbocycles. The minimum Gasteiger partial charge on any atom is -0.394 e. The van der Waals surface area contributed by atoms with Gasteiger partial charge in [0.25, 0.3) is 0 Å². The minimum absolute atomic E-state index is 0.826. The smallest absolute Gasteiger partial charge is 0.187 e. The van der Waals surface area contributed by atoms with Crippen LogP contribution in [0.4, 0.5) is 0 Å². The Balaban J connectivity index is 0.786.